The van der Waals surface area contributed by atoms with Gasteiger partial charge in [-0.15, -0.1) is 0 Å². The zero-order valence-electron chi connectivity index (χ0n) is 11.9. The predicted molar refractivity (Wildman–Crippen MR) is 71.8 cm³/mol. The van der Waals surface area contributed by atoms with E-state index in [1.807, 2.05) is 4.72 Å². The maximum absolute atomic E-state index is 14.0. The number of methoxy groups -OCH3 is 1. The topological polar surface area (TPSA) is 92.7 Å². The van der Waals surface area contributed by atoms with Crippen LogP contribution in [0.4, 0.5) is 8.78 Å². The molecule has 1 aliphatic carbocycles. The average molecular weight is 335 g/mol. The van der Waals surface area contributed by atoms with Gasteiger partial charge < -0.3 is 9.84 Å². The minimum Gasteiger partial charge on any atom is -0.480 e. The summed E-state index contributed by atoms with van der Waals surface area (Å²) in [5.41, 5.74) is -1.88. The van der Waals surface area contributed by atoms with Gasteiger partial charge in [-0.3, -0.25) is 4.79 Å². The third kappa shape index (κ3) is 2.71. The number of hydrogen-bond donors (Lipinski definition) is 2. The van der Waals surface area contributed by atoms with Crippen LogP contribution in [-0.2, 0) is 19.6 Å². The van der Waals surface area contributed by atoms with Crippen molar-refractivity contribution < 1.29 is 31.8 Å². The molecule has 122 valence electrons. The molecule has 0 bridgehead atoms. The van der Waals surface area contributed by atoms with E-state index in [1.165, 1.54) is 14.0 Å². The second kappa shape index (κ2) is 5.56. The summed E-state index contributed by atoms with van der Waals surface area (Å²) in [4.78, 5) is 10.2. The van der Waals surface area contributed by atoms with Crippen molar-refractivity contribution in [1.29, 1.82) is 0 Å². The minimum atomic E-state index is -4.68. The van der Waals surface area contributed by atoms with Gasteiger partial charge in [0.1, 0.15) is 17.2 Å². The molecule has 1 aromatic carbocycles. The third-order valence-electron chi connectivity index (χ3n) is 3.74. The lowest BCUT2D eigenvalue weighted by atomic mass is 9.75. The van der Waals surface area contributed by atoms with Gasteiger partial charge in [0.25, 0.3) is 0 Å². The summed E-state index contributed by atoms with van der Waals surface area (Å²) < 4.78 is 59.0. The van der Waals surface area contributed by atoms with Crippen molar-refractivity contribution in [2.75, 3.05) is 7.11 Å². The Balaban J connectivity index is 2.40. The summed E-state index contributed by atoms with van der Waals surface area (Å²) in [5, 5.41) is 9.23. The molecule has 1 aliphatic rings. The van der Waals surface area contributed by atoms with E-state index in [9.17, 15) is 27.1 Å². The van der Waals surface area contributed by atoms with Gasteiger partial charge >= 0.3 is 5.97 Å². The minimum absolute atomic E-state index is 0.0606. The van der Waals surface area contributed by atoms with E-state index in [2.05, 4.69) is 0 Å². The number of benzene rings is 1. The second-order valence-corrected chi connectivity index (χ2v) is 6.89. The van der Waals surface area contributed by atoms with Crippen molar-refractivity contribution in [3.05, 3.63) is 29.3 Å². The van der Waals surface area contributed by atoms with Crippen molar-refractivity contribution >= 4 is 16.0 Å². The lowest BCUT2D eigenvalue weighted by Crippen LogP contribution is -2.64. The number of hydrogen-bond acceptors (Lipinski definition) is 4. The molecule has 9 heteroatoms. The molecular weight excluding hydrogens is 320 g/mol. The SMILES string of the molecule is COC1CC(NS(=O)(=O)c2c(F)ccc(C)c2F)(C(=O)O)C1. The summed E-state index contributed by atoms with van der Waals surface area (Å²) in [5.74, 6) is -3.94. The highest BCUT2D eigenvalue weighted by Gasteiger charge is 2.54. The summed E-state index contributed by atoms with van der Waals surface area (Å²) in [7, 11) is -3.31. The Morgan fingerprint density at radius 1 is 1.41 bits per heavy atom. The Kier molecular flexibility index (Phi) is 4.24. The third-order valence-corrected chi connectivity index (χ3v) is 5.31. The Bertz CT molecular complexity index is 713. The first kappa shape index (κ1) is 16.8. The van der Waals surface area contributed by atoms with Crippen LogP contribution in [0.2, 0.25) is 0 Å². The fourth-order valence-electron chi connectivity index (χ4n) is 2.37. The monoisotopic (exact) mass is 335 g/mol. The van der Waals surface area contributed by atoms with Crippen LogP contribution in [0.25, 0.3) is 0 Å². The van der Waals surface area contributed by atoms with Gasteiger partial charge in [0.05, 0.1) is 6.10 Å². The summed E-state index contributed by atoms with van der Waals surface area (Å²) in [6, 6.07) is 1.92. The van der Waals surface area contributed by atoms with Gasteiger partial charge in [-0.1, -0.05) is 6.07 Å². The van der Waals surface area contributed by atoms with E-state index >= 15 is 0 Å². The van der Waals surface area contributed by atoms with Crippen molar-refractivity contribution in [3.8, 4) is 0 Å². The smallest absolute Gasteiger partial charge is 0.325 e. The first-order valence-electron chi connectivity index (χ1n) is 6.38. The van der Waals surface area contributed by atoms with Crippen LogP contribution in [0.3, 0.4) is 0 Å². The van der Waals surface area contributed by atoms with Crippen LogP contribution in [-0.4, -0.2) is 38.2 Å². The fourth-order valence-corrected chi connectivity index (χ4v) is 3.96. The maximum Gasteiger partial charge on any atom is 0.325 e. The molecule has 1 saturated carbocycles. The summed E-state index contributed by atoms with van der Waals surface area (Å²) in [6.45, 7) is 1.28. The molecule has 0 aliphatic heterocycles. The van der Waals surface area contributed by atoms with E-state index in [0.29, 0.717) is 0 Å². The molecular formula is C13H15F2NO5S. The van der Waals surface area contributed by atoms with Gasteiger partial charge in [0, 0.05) is 20.0 Å². The number of carboxylic acids is 1. The molecule has 0 amide bonds. The van der Waals surface area contributed by atoms with Crippen LogP contribution < -0.4 is 4.72 Å². The predicted octanol–water partition coefficient (Wildman–Crippen LogP) is 1.18. The maximum atomic E-state index is 14.0. The lowest BCUT2D eigenvalue weighted by molar-refractivity contribution is -0.154. The zero-order valence-corrected chi connectivity index (χ0v) is 12.7. The molecule has 0 saturated heterocycles. The first-order chi connectivity index (χ1) is 10.1. The number of aliphatic carboxylic acids is 1. The fraction of sp³-hybridized carbons (Fsp3) is 0.462. The molecule has 0 atom stereocenters. The first-order valence-corrected chi connectivity index (χ1v) is 7.86. The molecule has 0 radical (unpaired) electrons. The standard InChI is InChI=1S/C13H15F2NO5S/c1-7-3-4-9(14)11(10(7)15)22(19,20)16-13(12(17)18)5-8(6-13)21-2/h3-4,8,16H,5-6H2,1-2H3,(H,17,18). The molecule has 0 aromatic heterocycles. The Morgan fingerprint density at radius 3 is 2.50 bits per heavy atom. The van der Waals surface area contributed by atoms with Crippen molar-refractivity contribution in [2.24, 2.45) is 0 Å². The molecule has 1 aromatic rings. The number of rotatable bonds is 5. The van der Waals surface area contributed by atoms with Crippen molar-refractivity contribution in [2.45, 2.75) is 36.3 Å². The van der Waals surface area contributed by atoms with Crippen LogP contribution in [0.15, 0.2) is 17.0 Å². The van der Waals surface area contributed by atoms with Crippen LogP contribution >= 0.6 is 0 Å². The Labute approximate surface area is 126 Å². The number of carbonyl (C=O) groups is 1. The number of aryl methyl sites for hydroxylation is 1. The van der Waals surface area contributed by atoms with Gasteiger partial charge in [0.15, 0.2) is 4.90 Å². The average Bonchev–Trinajstić information content (AvgIpc) is 2.37. The highest BCUT2D eigenvalue weighted by molar-refractivity contribution is 7.89. The molecule has 1 fully saturated rings. The number of halogens is 2. The molecule has 22 heavy (non-hydrogen) atoms. The van der Waals surface area contributed by atoms with Crippen LogP contribution in [0.1, 0.15) is 18.4 Å². The van der Waals surface area contributed by atoms with Gasteiger partial charge in [0.2, 0.25) is 10.0 Å². The normalized spacial score (nSPS) is 24.8. The van der Waals surface area contributed by atoms with Gasteiger partial charge in [-0.2, -0.15) is 4.72 Å². The van der Waals surface area contributed by atoms with Gasteiger partial charge in [-0.05, 0) is 18.6 Å². The number of sulfonamides is 1. The van der Waals surface area contributed by atoms with Gasteiger partial charge in [-0.25, -0.2) is 17.2 Å². The highest BCUT2D eigenvalue weighted by Crippen LogP contribution is 2.36. The van der Waals surface area contributed by atoms with E-state index < -0.39 is 44.2 Å². The largest absolute Gasteiger partial charge is 0.480 e. The molecule has 0 spiro atoms. The Hall–Kier alpha value is -1.58. The number of ether oxygens (including phenoxy) is 1. The summed E-state index contributed by atoms with van der Waals surface area (Å²) in [6.07, 6.45) is -0.661. The molecule has 2 rings (SSSR count). The molecule has 2 N–H and O–H groups in total. The van der Waals surface area contributed by atoms with E-state index in [-0.39, 0.29) is 18.4 Å². The Morgan fingerprint density at radius 2 is 2.00 bits per heavy atom. The highest BCUT2D eigenvalue weighted by atomic mass is 32.2. The molecule has 0 unspecified atom stereocenters. The molecule has 0 heterocycles. The lowest BCUT2D eigenvalue weighted by Gasteiger charge is -2.43. The number of carboxylic acid groups (broad SMARTS) is 1. The number of nitrogens with one attached hydrogen (secondary N) is 1. The van der Waals surface area contributed by atoms with E-state index in [4.69, 9.17) is 4.74 Å². The second-order valence-electron chi connectivity index (χ2n) is 5.27. The van der Waals surface area contributed by atoms with E-state index in [1.54, 1.807) is 0 Å². The quantitative estimate of drug-likeness (QED) is 0.843. The summed E-state index contributed by atoms with van der Waals surface area (Å²) >= 11 is 0. The molecule has 6 nitrogen and oxygen atoms in total. The van der Waals surface area contributed by atoms with E-state index in [0.717, 1.165) is 12.1 Å². The van der Waals surface area contributed by atoms with Crippen molar-refractivity contribution in [3.63, 3.8) is 0 Å². The van der Waals surface area contributed by atoms with Crippen LogP contribution in [0, 0.1) is 18.6 Å². The zero-order chi connectivity index (χ0) is 16.7. The van der Waals surface area contributed by atoms with Crippen LogP contribution in [0.5, 0.6) is 0 Å². The van der Waals surface area contributed by atoms with Crippen molar-refractivity contribution in [1.82, 2.24) is 4.72 Å².